The molecule has 4 aromatic rings. The Balaban J connectivity index is 1.77. The van der Waals surface area contributed by atoms with Crippen LogP contribution in [0.2, 0.25) is 0 Å². The minimum atomic E-state index is 0.591. The molecule has 2 heterocycles. The zero-order valence-electron chi connectivity index (χ0n) is 12.8. The average Bonchev–Trinajstić information content (AvgIpc) is 3.10. The fraction of sp³-hybridized carbons (Fsp3) is 0.200. The minimum Gasteiger partial charge on any atom is -0.143 e. The summed E-state index contributed by atoms with van der Waals surface area (Å²) < 4.78 is 2.85. The van der Waals surface area contributed by atoms with Gasteiger partial charge in [0.1, 0.15) is 0 Å². The topological polar surface area (TPSA) is 0 Å². The van der Waals surface area contributed by atoms with Gasteiger partial charge >= 0.3 is 0 Å². The summed E-state index contributed by atoms with van der Waals surface area (Å²) in [6, 6.07) is 17.8. The fourth-order valence-electron chi connectivity index (χ4n) is 3.04. The Morgan fingerprint density at radius 1 is 1.00 bits per heavy atom. The van der Waals surface area contributed by atoms with Gasteiger partial charge in [-0.25, -0.2) is 0 Å². The van der Waals surface area contributed by atoms with Crippen molar-refractivity contribution in [2.75, 3.05) is 0 Å². The SMILES string of the molecule is CC(C)c1csc2c(Cc3cc4ccccc4s3)cccc12. The summed E-state index contributed by atoms with van der Waals surface area (Å²) in [5.74, 6) is 0.591. The number of thiophene rings is 2. The first-order valence-electron chi connectivity index (χ1n) is 7.69. The highest BCUT2D eigenvalue weighted by atomic mass is 32.1. The highest BCUT2D eigenvalue weighted by Gasteiger charge is 2.11. The van der Waals surface area contributed by atoms with E-state index in [1.165, 1.54) is 36.2 Å². The molecule has 0 saturated heterocycles. The quantitative estimate of drug-likeness (QED) is 0.388. The highest BCUT2D eigenvalue weighted by molar-refractivity contribution is 7.19. The van der Waals surface area contributed by atoms with E-state index in [9.17, 15) is 0 Å². The van der Waals surface area contributed by atoms with E-state index in [4.69, 9.17) is 0 Å². The minimum absolute atomic E-state index is 0.591. The van der Waals surface area contributed by atoms with Gasteiger partial charge in [-0.3, -0.25) is 0 Å². The molecular weight excluding hydrogens is 304 g/mol. The van der Waals surface area contributed by atoms with Crippen LogP contribution in [0.5, 0.6) is 0 Å². The number of rotatable bonds is 3. The molecule has 0 fully saturated rings. The van der Waals surface area contributed by atoms with Gasteiger partial charge in [0.25, 0.3) is 0 Å². The first kappa shape index (κ1) is 14.0. The lowest BCUT2D eigenvalue weighted by atomic mass is 10.00. The molecule has 2 aromatic heterocycles. The van der Waals surface area contributed by atoms with Crippen LogP contribution >= 0.6 is 22.7 Å². The van der Waals surface area contributed by atoms with Crippen LogP contribution in [0.1, 0.15) is 35.8 Å². The molecule has 0 bridgehead atoms. The summed E-state index contributed by atoms with van der Waals surface area (Å²) in [5, 5.41) is 5.14. The van der Waals surface area contributed by atoms with Gasteiger partial charge < -0.3 is 0 Å². The molecule has 110 valence electrons. The molecule has 0 radical (unpaired) electrons. The standard InChI is InChI=1S/C20H18S2/c1-13(2)18-12-21-20-15(7-5-8-17(18)20)11-16-10-14-6-3-4-9-19(14)22-16/h3-10,12-13H,11H2,1-2H3. The third kappa shape index (κ3) is 2.37. The Morgan fingerprint density at radius 3 is 2.68 bits per heavy atom. The number of hydrogen-bond acceptors (Lipinski definition) is 2. The third-order valence-electron chi connectivity index (χ3n) is 4.17. The maximum Gasteiger partial charge on any atom is 0.0381 e. The van der Waals surface area contributed by atoms with Gasteiger partial charge in [-0.05, 0) is 45.3 Å². The van der Waals surface area contributed by atoms with Crippen LogP contribution in [0.25, 0.3) is 20.2 Å². The Labute approximate surface area is 139 Å². The van der Waals surface area contributed by atoms with E-state index in [1.807, 2.05) is 22.7 Å². The summed E-state index contributed by atoms with van der Waals surface area (Å²) in [4.78, 5) is 1.45. The van der Waals surface area contributed by atoms with Crippen molar-refractivity contribution in [1.82, 2.24) is 0 Å². The lowest BCUT2D eigenvalue weighted by molar-refractivity contribution is 0.880. The second-order valence-corrected chi connectivity index (χ2v) is 8.11. The van der Waals surface area contributed by atoms with Crippen molar-refractivity contribution in [2.45, 2.75) is 26.2 Å². The summed E-state index contributed by atoms with van der Waals surface area (Å²) in [5.41, 5.74) is 2.94. The van der Waals surface area contributed by atoms with Crippen molar-refractivity contribution in [2.24, 2.45) is 0 Å². The van der Waals surface area contributed by atoms with Crippen molar-refractivity contribution in [1.29, 1.82) is 0 Å². The lowest BCUT2D eigenvalue weighted by Gasteiger charge is -2.05. The molecule has 0 aliphatic carbocycles. The number of benzene rings is 2. The maximum atomic E-state index is 2.34. The van der Waals surface area contributed by atoms with Crippen LogP contribution in [-0.4, -0.2) is 0 Å². The van der Waals surface area contributed by atoms with E-state index in [-0.39, 0.29) is 0 Å². The second-order valence-electron chi connectivity index (χ2n) is 6.07. The fourth-order valence-corrected chi connectivity index (χ4v) is 5.37. The van der Waals surface area contributed by atoms with Gasteiger partial charge in [0.2, 0.25) is 0 Å². The Bertz CT molecular complexity index is 908. The summed E-state index contributed by atoms with van der Waals surface area (Å²) in [6.07, 6.45) is 1.04. The predicted octanol–water partition coefficient (Wildman–Crippen LogP) is 6.83. The number of fused-ring (bicyclic) bond motifs is 2. The molecule has 4 rings (SSSR count). The molecule has 0 aliphatic rings. The Hall–Kier alpha value is -1.64. The van der Waals surface area contributed by atoms with E-state index < -0.39 is 0 Å². The summed E-state index contributed by atoms with van der Waals surface area (Å²) in [6.45, 7) is 4.56. The van der Waals surface area contributed by atoms with E-state index in [2.05, 4.69) is 67.8 Å². The zero-order valence-corrected chi connectivity index (χ0v) is 14.4. The summed E-state index contributed by atoms with van der Waals surface area (Å²) in [7, 11) is 0. The van der Waals surface area contributed by atoms with Crippen molar-refractivity contribution in [3.8, 4) is 0 Å². The third-order valence-corrected chi connectivity index (χ3v) is 6.38. The van der Waals surface area contributed by atoms with Crippen LogP contribution < -0.4 is 0 Å². The van der Waals surface area contributed by atoms with Gasteiger partial charge in [-0.1, -0.05) is 50.2 Å². The Kier molecular flexibility index (Phi) is 3.51. The molecule has 0 nitrogen and oxygen atoms in total. The van der Waals surface area contributed by atoms with Gasteiger partial charge in [-0.2, -0.15) is 0 Å². The maximum absolute atomic E-state index is 2.34. The number of hydrogen-bond donors (Lipinski definition) is 0. The molecule has 0 amide bonds. The van der Waals surface area contributed by atoms with Crippen molar-refractivity contribution < 1.29 is 0 Å². The first-order valence-corrected chi connectivity index (χ1v) is 9.38. The zero-order chi connectivity index (χ0) is 15.1. The van der Waals surface area contributed by atoms with Crippen LogP contribution in [0.3, 0.4) is 0 Å². The normalized spacial score (nSPS) is 11.8. The van der Waals surface area contributed by atoms with Crippen LogP contribution in [0, 0.1) is 0 Å². The lowest BCUT2D eigenvalue weighted by Crippen LogP contribution is -1.87. The molecule has 2 aromatic carbocycles. The van der Waals surface area contributed by atoms with E-state index in [0.717, 1.165) is 6.42 Å². The van der Waals surface area contributed by atoms with Crippen molar-refractivity contribution in [3.05, 3.63) is 69.9 Å². The van der Waals surface area contributed by atoms with Crippen molar-refractivity contribution >= 4 is 42.8 Å². The average molecular weight is 322 g/mol. The molecule has 0 spiro atoms. The van der Waals surface area contributed by atoms with Crippen molar-refractivity contribution in [3.63, 3.8) is 0 Å². The van der Waals surface area contributed by atoms with Crippen LogP contribution in [0.15, 0.2) is 53.9 Å². The monoisotopic (exact) mass is 322 g/mol. The molecule has 0 atom stereocenters. The molecule has 0 unspecified atom stereocenters. The molecule has 0 aliphatic heterocycles. The van der Waals surface area contributed by atoms with E-state index in [0.29, 0.717) is 5.92 Å². The smallest absolute Gasteiger partial charge is 0.0381 e. The second kappa shape index (κ2) is 5.53. The van der Waals surface area contributed by atoms with Crippen LogP contribution in [-0.2, 0) is 6.42 Å². The first-order chi connectivity index (χ1) is 10.7. The molecule has 0 saturated carbocycles. The molecule has 22 heavy (non-hydrogen) atoms. The predicted molar refractivity (Wildman–Crippen MR) is 101 cm³/mol. The molecular formula is C20H18S2. The van der Waals surface area contributed by atoms with Gasteiger partial charge in [0.05, 0.1) is 0 Å². The van der Waals surface area contributed by atoms with E-state index in [1.54, 1.807) is 0 Å². The summed E-state index contributed by atoms with van der Waals surface area (Å²) >= 11 is 3.82. The van der Waals surface area contributed by atoms with E-state index >= 15 is 0 Å². The van der Waals surface area contributed by atoms with Gasteiger partial charge in [0.15, 0.2) is 0 Å². The van der Waals surface area contributed by atoms with Gasteiger partial charge in [0, 0.05) is 20.7 Å². The molecule has 0 N–H and O–H groups in total. The highest BCUT2D eigenvalue weighted by Crippen LogP contribution is 2.35. The molecule has 2 heteroatoms. The van der Waals surface area contributed by atoms with Crippen LogP contribution in [0.4, 0.5) is 0 Å². The van der Waals surface area contributed by atoms with Gasteiger partial charge in [-0.15, -0.1) is 22.7 Å². The Morgan fingerprint density at radius 2 is 1.86 bits per heavy atom. The largest absolute Gasteiger partial charge is 0.143 e.